The van der Waals surface area contributed by atoms with Crippen LogP contribution in [0.5, 0.6) is 0 Å². The predicted octanol–water partition coefficient (Wildman–Crippen LogP) is 6.16. The van der Waals surface area contributed by atoms with E-state index in [2.05, 4.69) is 31.2 Å². The zero-order valence-corrected chi connectivity index (χ0v) is 13.7. The summed E-state index contributed by atoms with van der Waals surface area (Å²) < 4.78 is 4.96. The van der Waals surface area contributed by atoms with Crippen LogP contribution in [0.25, 0.3) is 6.08 Å². The van der Waals surface area contributed by atoms with Crippen molar-refractivity contribution in [3.63, 3.8) is 0 Å². The van der Waals surface area contributed by atoms with Crippen LogP contribution >= 0.6 is 0 Å². The molecule has 1 heteroatoms. The van der Waals surface area contributed by atoms with Crippen LogP contribution in [0.1, 0.15) is 75.3 Å². The van der Waals surface area contributed by atoms with E-state index in [4.69, 9.17) is 4.74 Å². The third kappa shape index (κ3) is 5.22. The van der Waals surface area contributed by atoms with Gasteiger partial charge in [0.2, 0.25) is 0 Å². The molecular weight excluding hydrogens is 256 g/mol. The van der Waals surface area contributed by atoms with Crippen molar-refractivity contribution in [2.24, 2.45) is 5.92 Å². The molecule has 0 N–H and O–H groups in total. The van der Waals surface area contributed by atoms with Crippen molar-refractivity contribution in [2.45, 2.75) is 64.2 Å². The SMILES string of the molecule is CCCCCC1CCC(c2ccc(/C=C/OC)cc2)CC1. The molecule has 0 unspecified atom stereocenters. The van der Waals surface area contributed by atoms with Gasteiger partial charge in [-0.1, -0.05) is 56.9 Å². The molecule has 0 heterocycles. The van der Waals surface area contributed by atoms with E-state index in [1.807, 2.05) is 6.08 Å². The van der Waals surface area contributed by atoms with E-state index < -0.39 is 0 Å². The molecule has 0 saturated heterocycles. The molecule has 1 aliphatic carbocycles. The van der Waals surface area contributed by atoms with Crippen LogP contribution in [0.3, 0.4) is 0 Å². The second-order valence-corrected chi connectivity index (χ2v) is 6.42. The number of methoxy groups -OCH3 is 1. The fourth-order valence-electron chi connectivity index (χ4n) is 3.49. The van der Waals surface area contributed by atoms with E-state index in [9.17, 15) is 0 Å². The Morgan fingerprint density at radius 1 is 1.05 bits per heavy atom. The molecule has 1 aromatic rings. The molecule has 1 aromatic carbocycles. The minimum Gasteiger partial charge on any atom is -0.504 e. The van der Waals surface area contributed by atoms with Gasteiger partial charge in [0.05, 0.1) is 13.4 Å². The number of hydrogen-bond acceptors (Lipinski definition) is 1. The molecule has 1 fully saturated rings. The summed E-state index contributed by atoms with van der Waals surface area (Å²) in [6.07, 6.45) is 15.0. The van der Waals surface area contributed by atoms with Crippen molar-refractivity contribution in [1.29, 1.82) is 0 Å². The van der Waals surface area contributed by atoms with E-state index in [1.165, 1.54) is 62.5 Å². The average Bonchev–Trinajstić information content (AvgIpc) is 2.54. The number of ether oxygens (including phenoxy) is 1. The lowest BCUT2D eigenvalue weighted by Gasteiger charge is -2.29. The Balaban J connectivity index is 1.80. The highest BCUT2D eigenvalue weighted by Crippen LogP contribution is 2.37. The molecule has 1 saturated carbocycles. The van der Waals surface area contributed by atoms with Crippen LogP contribution in [0.15, 0.2) is 30.5 Å². The van der Waals surface area contributed by atoms with E-state index in [-0.39, 0.29) is 0 Å². The summed E-state index contributed by atoms with van der Waals surface area (Å²) in [6.45, 7) is 2.29. The van der Waals surface area contributed by atoms with Gasteiger partial charge in [0.1, 0.15) is 0 Å². The fraction of sp³-hybridized carbons (Fsp3) is 0.600. The van der Waals surface area contributed by atoms with Gasteiger partial charge in [-0.3, -0.25) is 0 Å². The van der Waals surface area contributed by atoms with Crippen LogP contribution in [0.2, 0.25) is 0 Å². The van der Waals surface area contributed by atoms with Gasteiger partial charge < -0.3 is 4.74 Å². The van der Waals surface area contributed by atoms with Gasteiger partial charge in [-0.2, -0.15) is 0 Å². The maximum absolute atomic E-state index is 4.96. The quantitative estimate of drug-likeness (QED) is 0.431. The summed E-state index contributed by atoms with van der Waals surface area (Å²) in [4.78, 5) is 0. The van der Waals surface area contributed by atoms with E-state index >= 15 is 0 Å². The summed E-state index contributed by atoms with van der Waals surface area (Å²) in [5.74, 6) is 1.78. The van der Waals surface area contributed by atoms with Gasteiger partial charge in [0.15, 0.2) is 0 Å². The first kappa shape index (κ1) is 16.1. The summed E-state index contributed by atoms with van der Waals surface area (Å²) in [6, 6.07) is 9.02. The number of rotatable bonds is 7. The van der Waals surface area contributed by atoms with Crippen molar-refractivity contribution in [3.05, 3.63) is 41.7 Å². The Hall–Kier alpha value is -1.24. The van der Waals surface area contributed by atoms with Crippen molar-refractivity contribution < 1.29 is 4.74 Å². The Morgan fingerprint density at radius 3 is 2.38 bits per heavy atom. The van der Waals surface area contributed by atoms with Crippen molar-refractivity contribution in [3.8, 4) is 0 Å². The highest BCUT2D eigenvalue weighted by molar-refractivity contribution is 5.48. The minimum atomic E-state index is 0.785. The lowest BCUT2D eigenvalue weighted by atomic mass is 9.77. The second-order valence-electron chi connectivity index (χ2n) is 6.42. The van der Waals surface area contributed by atoms with Gasteiger partial charge in [0, 0.05) is 0 Å². The van der Waals surface area contributed by atoms with Crippen LogP contribution in [-0.4, -0.2) is 7.11 Å². The van der Waals surface area contributed by atoms with Crippen LogP contribution in [0, 0.1) is 5.92 Å². The first-order chi connectivity index (χ1) is 10.3. The van der Waals surface area contributed by atoms with E-state index in [1.54, 1.807) is 13.4 Å². The van der Waals surface area contributed by atoms with Crippen molar-refractivity contribution >= 4 is 6.08 Å². The van der Waals surface area contributed by atoms with E-state index in [0.29, 0.717) is 0 Å². The average molecular weight is 286 g/mol. The summed E-state index contributed by atoms with van der Waals surface area (Å²) in [5.41, 5.74) is 2.74. The molecule has 0 radical (unpaired) electrons. The summed E-state index contributed by atoms with van der Waals surface area (Å²) in [7, 11) is 1.68. The number of unbranched alkanes of at least 4 members (excludes halogenated alkanes) is 2. The molecule has 0 atom stereocenters. The van der Waals surface area contributed by atoms with Gasteiger partial charge >= 0.3 is 0 Å². The largest absolute Gasteiger partial charge is 0.504 e. The molecule has 0 spiro atoms. The maximum Gasteiger partial charge on any atom is 0.0830 e. The fourth-order valence-corrected chi connectivity index (χ4v) is 3.49. The molecular formula is C20H30O. The first-order valence-corrected chi connectivity index (χ1v) is 8.62. The Kier molecular flexibility index (Phi) is 6.85. The number of hydrogen-bond donors (Lipinski definition) is 0. The van der Waals surface area contributed by atoms with Gasteiger partial charge in [-0.25, -0.2) is 0 Å². The highest BCUT2D eigenvalue weighted by Gasteiger charge is 2.21. The third-order valence-electron chi connectivity index (χ3n) is 4.87. The summed E-state index contributed by atoms with van der Waals surface area (Å²) in [5, 5.41) is 0. The standard InChI is InChI=1S/C20H30O/c1-3-4-5-6-17-7-11-19(12-8-17)20-13-9-18(10-14-20)15-16-21-2/h9-10,13-17,19H,3-8,11-12H2,1-2H3/b16-15+. The Morgan fingerprint density at radius 2 is 1.76 bits per heavy atom. The molecule has 0 amide bonds. The topological polar surface area (TPSA) is 9.23 Å². The zero-order valence-electron chi connectivity index (χ0n) is 13.7. The van der Waals surface area contributed by atoms with Crippen LogP contribution in [0.4, 0.5) is 0 Å². The molecule has 21 heavy (non-hydrogen) atoms. The van der Waals surface area contributed by atoms with Crippen LogP contribution in [-0.2, 0) is 4.74 Å². The summed E-state index contributed by atoms with van der Waals surface area (Å²) >= 11 is 0. The monoisotopic (exact) mass is 286 g/mol. The van der Waals surface area contributed by atoms with Crippen molar-refractivity contribution in [2.75, 3.05) is 7.11 Å². The molecule has 2 rings (SSSR count). The maximum atomic E-state index is 4.96. The molecule has 0 aromatic heterocycles. The van der Waals surface area contributed by atoms with E-state index in [0.717, 1.165) is 11.8 Å². The Labute approximate surface area is 130 Å². The minimum absolute atomic E-state index is 0.785. The van der Waals surface area contributed by atoms with Crippen molar-refractivity contribution in [1.82, 2.24) is 0 Å². The highest BCUT2D eigenvalue weighted by atomic mass is 16.5. The number of benzene rings is 1. The van der Waals surface area contributed by atoms with Gasteiger partial charge in [-0.15, -0.1) is 0 Å². The van der Waals surface area contributed by atoms with Gasteiger partial charge in [-0.05, 0) is 54.7 Å². The van der Waals surface area contributed by atoms with Gasteiger partial charge in [0.25, 0.3) is 0 Å². The molecule has 1 nitrogen and oxygen atoms in total. The Bertz CT molecular complexity index is 410. The third-order valence-corrected chi connectivity index (χ3v) is 4.87. The first-order valence-electron chi connectivity index (χ1n) is 8.62. The normalized spacial score (nSPS) is 22.6. The second kappa shape index (κ2) is 8.92. The zero-order chi connectivity index (χ0) is 14.9. The smallest absolute Gasteiger partial charge is 0.0830 e. The molecule has 0 aliphatic heterocycles. The lowest BCUT2D eigenvalue weighted by molar-refractivity contribution is 0.303. The van der Waals surface area contributed by atoms with Crippen LogP contribution < -0.4 is 0 Å². The predicted molar refractivity (Wildman–Crippen MR) is 91.3 cm³/mol. The molecule has 116 valence electrons. The molecule has 0 bridgehead atoms. The lowest BCUT2D eigenvalue weighted by Crippen LogP contribution is -2.13. The molecule has 1 aliphatic rings.